The fraction of sp³-hybridized carbons (Fsp3) is 0.167. The maximum atomic E-state index is 11.5. The molecule has 7 nitrogen and oxygen atoms in total. The molecule has 2 heterocycles. The molecular weight excluding hydrogens is 495 g/mol. The molecule has 0 amide bonds. The molecule has 1 atom stereocenters. The molecule has 0 saturated heterocycles. The zero-order valence-corrected chi connectivity index (χ0v) is 20.4. The van der Waals surface area contributed by atoms with Crippen molar-refractivity contribution in [2.75, 3.05) is 19.3 Å². The Hall–Kier alpha value is -3.07. The number of aliphatic imine (C=N–C) groups is 2. The quantitative estimate of drug-likeness (QED) is 0.512. The first kappa shape index (κ1) is 22.7. The van der Waals surface area contributed by atoms with Crippen LogP contribution in [0.25, 0.3) is 11.1 Å². The number of rotatable bonds is 5. The number of amidine groups is 1. The summed E-state index contributed by atoms with van der Waals surface area (Å²) in [5, 5.41) is 1.08. The maximum absolute atomic E-state index is 11.5. The number of nitrogens with two attached hydrogens (primary N) is 1. The topological polar surface area (TPSA) is 97.3 Å². The molecule has 0 fully saturated rings. The van der Waals surface area contributed by atoms with Gasteiger partial charge >= 0.3 is 10.1 Å². The van der Waals surface area contributed by atoms with Gasteiger partial charge < -0.3 is 9.92 Å². The summed E-state index contributed by atoms with van der Waals surface area (Å²) in [6.45, 7) is 1.25. The van der Waals surface area contributed by atoms with Crippen molar-refractivity contribution < 1.29 is 12.6 Å². The van der Waals surface area contributed by atoms with Gasteiger partial charge in [0.05, 0.1) is 12.8 Å². The van der Waals surface area contributed by atoms with Crippen LogP contribution >= 0.6 is 23.2 Å². The Morgan fingerprint density at radius 2 is 1.68 bits per heavy atom. The first-order valence-corrected chi connectivity index (χ1v) is 13.0. The predicted molar refractivity (Wildman–Crippen MR) is 135 cm³/mol. The SMILES string of the molecule is CS(=O)(=O)Oc1ccc(C2(c3cccc(-c4cc(Cl)cc(Cl)c4)c3)N=C(N)N3CCN=C32)cc1. The second-order valence-electron chi connectivity index (χ2n) is 8.09. The molecule has 2 N–H and O–H groups in total. The zero-order chi connectivity index (χ0) is 24.1. The highest BCUT2D eigenvalue weighted by Crippen LogP contribution is 2.43. The Labute approximate surface area is 207 Å². The number of nitrogens with zero attached hydrogens (tertiary/aromatic N) is 3. The fourth-order valence-electron chi connectivity index (χ4n) is 4.39. The Bertz CT molecular complexity index is 1440. The van der Waals surface area contributed by atoms with Gasteiger partial charge in [-0.25, -0.2) is 4.99 Å². The molecule has 0 bridgehead atoms. The van der Waals surface area contributed by atoms with Crippen LogP contribution in [0.1, 0.15) is 11.1 Å². The van der Waals surface area contributed by atoms with Crippen LogP contribution in [0.2, 0.25) is 10.0 Å². The van der Waals surface area contributed by atoms with E-state index >= 15 is 0 Å². The molecule has 174 valence electrons. The molecule has 5 rings (SSSR count). The van der Waals surface area contributed by atoms with E-state index in [-0.39, 0.29) is 5.75 Å². The van der Waals surface area contributed by atoms with Crippen molar-refractivity contribution in [3.8, 4) is 16.9 Å². The molecule has 0 aromatic heterocycles. The first-order valence-electron chi connectivity index (χ1n) is 10.4. The smallest absolute Gasteiger partial charge is 0.306 e. The van der Waals surface area contributed by atoms with Crippen LogP contribution in [0, 0.1) is 0 Å². The second-order valence-corrected chi connectivity index (χ2v) is 10.5. The Kier molecular flexibility index (Phi) is 5.55. The molecule has 1 unspecified atom stereocenters. The molecule has 10 heteroatoms. The first-order chi connectivity index (χ1) is 16.2. The van der Waals surface area contributed by atoms with Gasteiger partial charge in [-0.2, -0.15) is 8.42 Å². The number of hydrogen-bond acceptors (Lipinski definition) is 7. The van der Waals surface area contributed by atoms with Crippen LogP contribution in [-0.2, 0) is 15.7 Å². The summed E-state index contributed by atoms with van der Waals surface area (Å²) in [4.78, 5) is 11.5. The van der Waals surface area contributed by atoms with Crippen LogP contribution in [0.15, 0.2) is 76.7 Å². The van der Waals surface area contributed by atoms with E-state index in [4.69, 9.17) is 43.1 Å². The third kappa shape index (κ3) is 4.02. The summed E-state index contributed by atoms with van der Waals surface area (Å²) in [6.07, 6.45) is 1.00. The molecule has 2 aliphatic rings. The van der Waals surface area contributed by atoms with E-state index in [1.807, 2.05) is 41.3 Å². The van der Waals surface area contributed by atoms with E-state index in [0.29, 0.717) is 29.1 Å². The van der Waals surface area contributed by atoms with Crippen LogP contribution in [-0.4, -0.2) is 44.5 Å². The van der Waals surface area contributed by atoms with Crippen LogP contribution in [0.4, 0.5) is 0 Å². The Morgan fingerprint density at radius 1 is 0.971 bits per heavy atom. The molecular formula is C24H20Cl2N4O3S. The lowest BCUT2D eigenvalue weighted by Crippen LogP contribution is -2.41. The number of hydrogen-bond donors (Lipinski definition) is 1. The highest BCUT2D eigenvalue weighted by molar-refractivity contribution is 7.86. The predicted octanol–water partition coefficient (Wildman–Crippen LogP) is 4.28. The summed E-state index contributed by atoms with van der Waals surface area (Å²) in [5.41, 5.74) is 8.73. The fourth-order valence-corrected chi connectivity index (χ4v) is 5.37. The van der Waals surface area contributed by atoms with Crippen LogP contribution in [0.3, 0.4) is 0 Å². The second kappa shape index (κ2) is 8.30. The summed E-state index contributed by atoms with van der Waals surface area (Å²) in [5.74, 6) is 1.32. The third-order valence-electron chi connectivity index (χ3n) is 5.72. The minimum absolute atomic E-state index is 0.212. The van der Waals surface area contributed by atoms with E-state index in [1.165, 1.54) is 0 Å². The van der Waals surface area contributed by atoms with E-state index in [2.05, 4.69) is 0 Å². The lowest BCUT2D eigenvalue weighted by atomic mass is 9.81. The average Bonchev–Trinajstić information content (AvgIpc) is 3.36. The molecule has 0 radical (unpaired) electrons. The van der Waals surface area contributed by atoms with Crippen molar-refractivity contribution >= 4 is 45.1 Å². The minimum atomic E-state index is -3.64. The summed E-state index contributed by atoms with van der Waals surface area (Å²) in [6, 6.07) is 20.0. The molecule has 0 spiro atoms. The number of guanidine groups is 1. The van der Waals surface area contributed by atoms with Gasteiger partial charge in [0, 0.05) is 16.6 Å². The van der Waals surface area contributed by atoms with E-state index in [1.54, 1.807) is 30.3 Å². The van der Waals surface area contributed by atoms with Crippen molar-refractivity contribution in [3.05, 3.63) is 87.9 Å². The lowest BCUT2D eigenvalue weighted by molar-refractivity contribution is 0.492. The Balaban J connectivity index is 1.67. The number of benzene rings is 3. The molecule has 34 heavy (non-hydrogen) atoms. The third-order valence-corrected chi connectivity index (χ3v) is 6.65. The van der Waals surface area contributed by atoms with E-state index in [9.17, 15) is 8.42 Å². The monoisotopic (exact) mass is 514 g/mol. The molecule has 3 aromatic carbocycles. The van der Waals surface area contributed by atoms with Crippen LogP contribution in [0.5, 0.6) is 5.75 Å². The maximum Gasteiger partial charge on any atom is 0.306 e. The van der Waals surface area contributed by atoms with Gasteiger partial charge in [0.15, 0.2) is 11.5 Å². The molecule has 0 saturated carbocycles. The van der Waals surface area contributed by atoms with Crippen molar-refractivity contribution in [2.45, 2.75) is 5.54 Å². The van der Waals surface area contributed by atoms with Crippen molar-refractivity contribution in [2.24, 2.45) is 15.7 Å². The van der Waals surface area contributed by atoms with Gasteiger partial charge in [-0.05, 0) is 58.7 Å². The molecule has 0 aliphatic carbocycles. The van der Waals surface area contributed by atoms with Gasteiger partial charge in [0.1, 0.15) is 11.6 Å². The van der Waals surface area contributed by atoms with E-state index < -0.39 is 15.7 Å². The zero-order valence-electron chi connectivity index (χ0n) is 18.1. The van der Waals surface area contributed by atoms with Gasteiger partial charge in [0.2, 0.25) is 0 Å². The standard InChI is InChI=1S/C24H20Cl2N4O3S/c1-34(31,32)33-21-7-5-17(6-8-21)24(22-28-9-10-30(22)23(27)29-24)18-4-2-3-15(11-18)16-12-19(25)14-20(26)13-16/h2-8,11-14H,9-10H2,1H3,(H2,27,29). The largest absolute Gasteiger partial charge is 0.383 e. The van der Waals surface area contributed by atoms with Gasteiger partial charge in [0.25, 0.3) is 0 Å². The average molecular weight is 515 g/mol. The van der Waals surface area contributed by atoms with Crippen molar-refractivity contribution in [3.63, 3.8) is 0 Å². The summed E-state index contributed by atoms with van der Waals surface area (Å²) in [7, 11) is -3.64. The lowest BCUT2D eigenvalue weighted by Gasteiger charge is -2.29. The molecule has 2 aliphatic heterocycles. The van der Waals surface area contributed by atoms with E-state index in [0.717, 1.165) is 34.3 Å². The summed E-state index contributed by atoms with van der Waals surface area (Å²) < 4.78 is 28.1. The van der Waals surface area contributed by atoms with Gasteiger partial charge in [-0.1, -0.05) is 53.5 Å². The molecule has 3 aromatic rings. The number of halogens is 2. The van der Waals surface area contributed by atoms with Gasteiger partial charge in [-0.15, -0.1) is 0 Å². The van der Waals surface area contributed by atoms with Gasteiger partial charge in [-0.3, -0.25) is 9.89 Å². The summed E-state index contributed by atoms with van der Waals surface area (Å²) >= 11 is 12.5. The van der Waals surface area contributed by atoms with Crippen molar-refractivity contribution in [1.82, 2.24) is 4.90 Å². The number of fused-ring (bicyclic) bond motifs is 1. The minimum Gasteiger partial charge on any atom is -0.383 e. The highest BCUT2D eigenvalue weighted by atomic mass is 35.5. The highest BCUT2D eigenvalue weighted by Gasteiger charge is 2.50. The van der Waals surface area contributed by atoms with Crippen LogP contribution < -0.4 is 9.92 Å². The normalized spacial score (nSPS) is 19.6. The Morgan fingerprint density at radius 3 is 2.35 bits per heavy atom. The van der Waals surface area contributed by atoms with Crippen molar-refractivity contribution in [1.29, 1.82) is 0 Å².